The van der Waals surface area contributed by atoms with Crippen LogP contribution in [0.1, 0.15) is 46.4 Å². The molecular formula is C23H24F2N2O3. The average Bonchev–Trinajstić information content (AvgIpc) is 3.58. The number of nitrogens with one attached hydrogen (secondary N) is 1. The van der Waals surface area contributed by atoms with Crippen molar-refractivity contribution in [2.45, 2.75) is 31.7 Å². The van der Waals surface area contributed by atoms with Gasteiger partial charge in [0.25, 0.3) is 11.8 Å². The normalized spacial score (nSPS) is 18.7. The van der Waals surface area contributed by atoms with E-state index in [0.717, 1.165) is 37.8 Å². The van der Waals surface area contributed by atoms with Gasteiger partial charge in [-0.1, -0.05) is 6.07 Å². The third-order valence-corrected chi connectivity index (χ3v) is 5.47. The fourth-order valence-electron chi connectivity index (χ4n) is 3.63. The summed E-state index contributed by atoms with van der Waals surface area (Å²) in [6.07, 6.45) is 3.78. The number of rotatable bonds is 6. The SMILES string of the molecule is O=C(NC1CC1)c1cccc(OC[C@H]2CCCN(C(=O)c3ccc(F)c(F)c3)C2)c1. The van der Waals surface area contributed by atoms with Crippen molar-refractivity contribution >= 4 is 11.8 Å². The first kappa shape index (κ1) is 20.3. The molecule has 2 aromatic carbocycles. The Labute approximate surface area is 174 Å². The predicted molar refractivity (Wildman–Crippen MR) is 107 cm³/mol. The fourth-order valence-corrected chi connectivity index (χ4v) is 3.63. The highest BCUT2D eigenvalue weighted by Gasteiger charge is 2.26. The molecule has 1 N–H and O–H groups in total. The van der Waals surface area contributed by atoms with Crippen LogP contribution in [0, 0.1) is 17.6 Å². The van der Waals surface area contributed by atoms with Crippen LogP contribution >= 0.6 is 0 Å². The number of carbonyl (C=O) groups is 2. The summed E-state index contributed by atoms with van der Waals surface area (Å²) < 4.78 is 32.5. The van der Waals surface area contributed by atoms with Crippen LogP contribution in [0.25, 0.3) is 0 Å². The van der Waals surface area contributed by atoms with Crippen molar-refractivity contribution in [3.63, 3.8) is 0 Å². The maximum absolute atomic E-state index is 13.5. The Bertz CT molecular complexity index is 946. The monoisotopic (exact) mass is 414 g/mol. The largest absolute Gasteiger partial charge is 0.493 e. The second kappa shape index (κ2) is 8.81. The van der Waals surface area contributed by atoms with Crippen LogP contribution in [-0.2, 0) is 0 Å². The third kappa shape index (κ3) is 4.96. The van der Waals surface area contributed by atoms with Gasteiger partial charge < -0.3 is 15.0 Å². The number of ether oxygens (including phenoxy) is 1. The molecule has 2 aliphatic rings. The molecule has 4 rings (SSSR count). The van der Waals surface area contributed by atoms with Crippen LogP contribution in [0.3, 0.4) is 0 Å². The molecule has 2 fully saturated rings. The van der Waals surface area contributed by atoms with E-state index in [9.17, 15) is 18.4 Å². The first-order valence-corrected chi connectivity index (χ1v) is 10.3. The number of nitrogens with zero attached hydrogens (tertiary/aromatic N) is 1. The Morgan fingerprint density at radius 2 is 1.87 bits per heavy atom. The average molecular weight is 414 g/mol. The number of piperidine rings is 1. The van der Waals surface area contributed by atoms with E-state index in [2.05, 4.69) is 5.32 Å². The van der Waals surface area contributed by atoms with Crippen molar-refractivity contribution < 1.29 is 23.1 Å². The van der Waals surface area contributed by atoms with Gasteiger partial charge in [0.05, 0.1) is 6.61 Å². The van der Waals surface area contributed by atoms with E-state index in [-0.39, 0.29) is 23.3 Å². The zero-order valence-corrected chi connectivity index (χ0v) is 16.6. The quantitative estimate of drug-likeness (QED) is 0.783. The van der Waals surface area contributed by atoms with Crippen molar-refractivity contribution in [1.82, 2.24) is 10.2 Å². The third-order valence-electron chi connectivity index (χ3n) is 5.47. The number of benzene rings is 2. The number of carbonyl (C=O) groups excluding carboxylic acids is 2. The summed E-state index contributed by atoms with van der Waals surface area (Å²) in [6, 6.07) is 10.6. The lowest BCUT2D eigenvalue weighted by atomic mass is 9.98. The zero-order chi connectivity index (χ0) is 21.1. The Morgan fingerprint density at radius 3 is 2.63 bits per heavy atom. The molecule has 1 aliphatic heterocycles. The molecule has 1 aliphatic carbocycles. The summed E-state index contributed by atoms with van der Waals surface area (Å²) in [4.78, 5) is 26.5. The Kier molecular flexibility index (Phi) is 5.97. The summed E-state index contributed by atoms with van der Waals surface area (Å²) >= 11 is 0. The molecular weight excluding hydrogens is 390 g/mol. The van der Waals surface area contributed by atoms with Crippen molar-refractivity contribution in [1.29, 1.82) is 0 Å². The lowest BCUT2D eigenvalue weighted by molar-refractivity contribution is 0.0632. The summed E-state index contributed by atoms with van der Waals surface area (Å²) in [5, 5.41) is 2.96. The van der Waals surface area contributed by atoms with Crippen LogP contribution in [0.2, 0.25) is 0 Å². The van der Waals surface area contributed by atoms with Gasteiger partial charge in [0, 0.05) is 36.2 Å². The molecule has 2 amide bonds. The highest BCUT2D eigenvalue weighted by Crippen LogP contribution is 2.23. The molecule has 158 valence electrons. The van der Waals surface area contributed by atoms with Crippen LogP contribution in [-0.4, -0.2) is 42.5 Å². The topological polar surface area (TPSA) is 58.6 Å². The van der Waals surface area contributed by atoms with E-state index in [0.29, 0.717) is 37.1 Å². The van der Waals surface area contributed by atoms with Crippen LogP contribution < -0.4 is 10.1 Å². The molecule has 1 heterocycles. The fraction of sp³-hybridized carbons (Fsp3) is 0.391. The van der Waals surface area contributed by atoms with Gasteiger partial charge in [-0.05, 0) is 62.1 Å². The van der Waals surface area contributed by atoms with E-state index >= 15 is 0 Å². The molecule has 7 heteroatoms. The maximum atomic E-state index is 13.5. The molecule has 0 unspecified atom stereocenters. The van der Waals surface area contributed by atoms with E-state index in [1.165, 1.54) is 6.07 Å². The second-order valence-corrected chi connectivity index (χ2v) is 7.97. The van der Waals surface area contributed by atoms with Crippen LogP contribution in [0.15, 0.2) is 42.5 Å². The Morgan fingerprint density at radius 1 is 1.03 bits per heavy atom. The molecule has 30 heavy (non-hydrogen) atoms. The highest BCUT2D eigenvalue weighted by molar-refractivity contribution is 5.95. The van der Waals surface area contributed by atoms with Crippen LogP contribution in [0.4, 0.5) is 8.78 Å². The van der Waals surface area contributed by atoms with Crippen molar-refractivity contribution in [3.8, 4) is 5.75 Å². The minimum absolute atomic E-state index is 0.0936. The maximum Gasteiger partial charge on any atom is 0.253 e. The first-order chi connectivity index (χ1) is 14.5. The standard InChI is InChI=1S/C23H24F2N2O3/c24-20-9-6-17(12-21(20)25)23(29)27-10-2-3-15(13-27)14-30-19-5-1-4-16(11-19)22(28)26-18-7-8-18/h1,4-6,9,11-12,15,18H,2-3,7-8,10,13-14H2,(H,26,28)/t15-/m0/s1. The summed E-state index contributed by atoms with van der Waals surface area (Å²) in [5.74, 6) is -1.66. The first-order valence-electron chi connectivity index (χ1n) is 10.3. The van der Waals surface area contributed by atoms with E-state index in [1.807, 2.05) is 0 Å². The number of halogens is 2. The molecule has 1 saturated heterocycles. The van der Waals surface area contributed by atoms with Gasteiger partial charge >= 0.3 is 0 Å². The molecule has 1 saturated carbocycles. The van der Waals surface area contributed by atoms with Crippen molar-refractivity contribution in [2.75, 3.05) is 19.7 Å². The minimum Gasteiger partial charge on any atom is -0.493 e. The van der Waals surface area contributed by atoms with Crippen LogP contribution in [0.5, 0.6) is 5.75 Å². The lowest BCUT2D eigenvalue weighted by Gasteiger charge is -2.32. The second-order valence-electron chi connectivity index (χ2n) is 7.97. The van der Waals surface area contributed by atoms with Gasteiger partial charge in [-0.25, -0.2) is 8.78 Å². The molecule has 0 spiro atoms. The molecule has 0 bridgehead atoms. The summed E-state index contributed by atoms with van der Waals surface area (Å²) in [6.45, 7) is 1.47. The van der Waals surface area contributed by atoms with E-state index in [1.54, 1.807) is 29.2 Å². The zero-order valence-electron chi connectivity index (χ0n) is 16.6. The summed E-state index contributed by atoms with van der Waals surface area (Å²) in [7, 11) is 0. The lowest BCUT2D eigenvalue weighted by Crippen LogP contribution is -2.41. The number of amides is 2. The molecule has 1 atom stereocenters. The minimum atomic E-state index is -1.02. The molecule has 0 radical (unpaired) electrons. The summed E-state index contributed by atoms with van der Waals surface area (Å²) in [5.41, 5.74) is 0.711. The van der Waals surface area contributed by atoms with Crippen molar-refractivity contribution in [3.05, 3.63) is 65.2 Å². The number of hydrogen-bond acceptors (Lipinski definition) is 3. The van der Waals surface area contributed by atoms with Gasteiger partial charge in [-0.15, -0.1) is 0 Å². The highest BCUT2D eigenvalue weighted by atomic mass is 19.2. The van der Waals surface area contributed by atoms with Gasteiger partial charge in [-0.2, -0.15) is 0 Å². The van der Waals surface area contributed by atoms with Crippen molar-refractivity contribution in [2.24, 2.45) is 5.92 Å². The predicted octanol–water partition coefficient (Wildman–Crippen LogP) is 3.79. The number of hydrogen-bond donors (Lipinski definition) is 1. The van der Waals surface area contributed by atoms with E-state index < -0.39 is 11.6 Å². The van der Waals surface area contributed by atoms with Gasteiger partial charge in [0.1, 0.15) is 5.75 Å². The molecule has 5 nitrogen and oxygen atoms in total. The number of likely N-dealkylation sites (tertiary alicyclic amines) is 1. The molecule has 2 aromatic rings. The van der Waals surface area contributed by atoms with Gasteiger partial charge in [0.15, 0.2) is 11.6 Å². The Balaban J connectivity index is 1.33. The van der Waals surface area contributed by atoms with E-state index in [4.69, 9.17) is 4.74 Å². The molecule has 0 aromatic heterocycles. The Hall–Kier alpha value is -2.96. The smallest absolute Gasteiger partial charge is 0.253 e. The van der Waals surface area contributed by atoms with Gasteiger partial charge in [0.2, 0.25) is 0 Å². The van der Waals surface area contributed by atoms with Gasteiger partial charge in [-0.3, -0.25) is 9.59 Å².